The second kappa shape index (κ2) is 5.09. The average molecular weight is 232 g/mol. The number of nitrogens with two attached hydrogens (primary N) is 1. The topological polar surface area (TPSA) is 29.3 Å². The zero-order valence-electron chi connectivity index (χ0n) is 11.2. The Bertz CT molecular complexity index is 383. The molecule has 0 aromatic heterocycles. The predicted molar refractivity (Wildman–Crippen MR) is 74.6 cm³/mol. The predicted octanol–water partition coefficient (Wildman–Crippen LogP) is 2.59. The maximum Gasteiger partial charge on any atom is 0.0402 e. The van der Waals surface area contributed by atoms with Crippen LogP contribution in [0.1, 0.15) is 31.9 Å². The van der Waals surface area contributed by atoms with Gasteiger partial charge in [-0.2, -0.15) is 0 Å². The molecule has 1 aromatic rings. The van der Waals surface area contributed by atoms with Gasteiger partial charge in [-0.05, 0) is 42.9 Å². The van der Waals surface area contributed by atoms with Crippen molar-refractivity contribution >= 4 is 5.69 Å². The van der Waals surface area contributed by atoms with Gasteiger partial charge in [-0.15, -0.1) is 0 Å². The van der Waals surface area contributed by atoms with Crippen molar-refractivity contribution in [1.29, 1.82) is 0 Å². The number of fused-ring (bicyclic) bond motifs is 1. The minimum Gasteiger partial charge on any atom is -0.371 e. The van der Waals surface area contributed by atoms with Crippen LogP contribution in [0.5, 0.6) is 0 Å². The minimum atomic E-state index is 0.251. The van der Waals surface area contributed by atoms with Crippen molar-refractivity contribution < 1.29 is 0 Å². The number of anilines is 1. The lowest BCUT2D eigenvalue weighted by molar-refractivity contribution is 0.622. The van der Waals surface area contributed by atoms with E-state index in [1.165, 1.54) is 29.8 Å². The van der Waals surface area contributed by atoms with Crippen LogP contribution in [0.25, 0.3) is 0 Å². The fourth-order valence-electron chi connectivity index (χ4n) is 2.74. The molecule has 0 spiro atoms. The SMILES string of the molecule is CC(C)CN1CCc2c(CC(C)N)cccc21. The van der Waals surface area contributed by atoms with E-state index in [0.29, 0.717) is 0 Å². The Hall–Kier alpha value is -1.02. The summed E-state index contributed by atoms with van der Waals surface area (Å²) in [5.74, 6) is 0.720. The largest absolute Gasteiger partial charge is 0.371 e. The smallest absolute Gasteiger partial charge is 0.0402 e. The van der Waals surface area contributed by atoms with Gasteiger partial charge in [0.2, 0.25) is 0 Å². The maximum absolute atomic E-state index is 5.92. The second-order valence-electron chi connectivity index (χ2n) is 5.69. The molecular weight excluding hydrogens is 208 g/mol. The van der Waals surface area contributed by atoms with E-state index in [1.54, 1.807) is 0 Å². The van der Waals surface area contributed by atoms with E-state index in [1.807, 2.05) is 0 Å². The highest BCUT2D eigenvalue weighted by atomic mass is 15.1. The van der Waals surface area contributed by atoms with E-state index in [-0.39, 0.29) is 6.04 Å². The lowest BCUT2D eigenvalue weighted by Gasteiger charge is -2.22. The summed E-state index contributed by atoms with van der Waals surface area (Å²) in [5.41, 5.74) is 10.3. The van der Waals surface area contributed by atoms with E-state index < -0.39 is 0 Å². The van der Waals surface area contributed by atoms with E-state index in [4.69, 9.17) is 5.73 Å². The lowest BCUT2D eigenvalue weighted by Crippen LogP contribution is -2.25. The quantitative estimate of drug-likeness (QED) is 0.864. The molecule has 1 heterocycles. The molecule has 94 valence electrons. The van der Waals surface area contributed by atoms with E-state index >= 15 is 0 Å². The third kappa shape index (κ3) is 2.81. The van der Waals surface area contributed by atoms with Crippen LogP contribution in [-0.2, 0) is 12.8 Å². The van der Waals surface area contributed by atoms with E-state index in [2.05, 4.69) is 43.9 Å². The molecule has 0 fully saturated rings. The normalized spacial score (nSPS) is 16.4. The average Bonchev–Trinajstić information content (AvgIpc) is 2.61. The van der Waals surface area contributed by atoms with Crippen molar-refractivity contribution in [3.63, 3.8) is 0 Å². The highest BCUT2D eigenvalue weighted by Gasteiger charge is 2.21. The molecule has 1 unspecified atom stereocenters. The molecule has 0 radical (unpaired) electrons. The van der Waals surface area contributed by atoms with Crippen LogP contribution in [0.3, 0.4) is 0 Å². The number of benzene rings is 1. The molecular formula is C15H24N2. The van der Waals surface area contributed by atoms with Crippen LogP contribution in [0.15, 0.2) is 18.2 Å². The third-order valence-corrected chi connectivity index (χ3v) is 3.35. The van der Waals surface area contributed by atoms with Crippen molar-refractivity contribution in [3.05, 3.63) is 29.3 Å². The summed E-state index contributed by atoms with van der Waals surface area (Å²) >= 11 is 0. The van der Waals surface area contributed by atoms with E-state index in [0.717, 1.165) is 18.9 Å². The van der Waals surface area contributed by atoms with E-state index in [9.17, 15) is 0 Å². The highest BCUT2D eigenvalue weighted by molar-refractivity contribution is 5.61. The Morgan fingerprint density at radius 1 is 1.29 bits per heavy atom. The summed E-state index contributed by atoms with van der Waals surface area (Å²) in [6, 6.07) is 6.92. The Balaban J connectivity index is 2.23. The molecule has 17 heavy (non-hydrogen) atoms. The summed E-state index contributed by atoms with van der Waals surface area (Å²) in [7, 11) is 0. The van der Waals surface area contributed by atoms with Crippen molar-refractivity contribution in [2.24, 2.45) is 11.7 Å². The Labute approximate surface area is 105 Å². The van der Waals surface area contributed by atoms with Crippen molar-refractivity contribution in [3.8, 4) is 0 Å². The van der Waals surface area contributed by atoms with Gasteiger partial charge in [-0.1, -0.05) is 26.0 Å². The monoisotopic (exact) mass is 232 g/mol. The van der Waals surface area contributed by atoms with Crippen LogP contribution in [0, 0.1) is 5.92 Å². The van der Waals surface area contributed by atoms with Gasteiger partial charge in [0.05, 0.1) is 0 Å². The number of rotatable bonds is 4. The maximum atomic E-state index is 5.92. The zero-order chi connectivity index (χ0) is 12.4. The summed E-state index contributed by atoms with van der Waals surface area (Å²) < 4.78 is 0. The summed E-state index contributed by atoms with van der Waals surface area (Å²) in [4.78, 5) is 2.52. The molecule has 0 aliphatic carbocycles. The highest BCUT2D eigenvalue weighted by Crippen LogP contribution is 2.31. The van der Waals surface area contributed by atoms with Crippen molar-refractivity contribution in [1.82, 2.24) is 0 Å². The fourth-order valence-corrected chi connectivity index (χ4v) is 2.74. The van der Waals surface area contributed by atoms with Crippen LogP contribution in [0.2, 0.25) is 0 Å². The van der Waals surface area contributed by atoms with Gasteiger partial charge in [-0.25, -0.2) is 0 Å². The van der Waals surface area contributed by atoms with Gasteiger partial charge in [0.25, 0.3) is 0 Å². The Morgan fingerprint density at radius 2 is 2.06 bits per heavy atom. The standard InChI is InChI=1S/C15H24N2/c1-11(2)10-17-8-7-14-13(9-12(3)16)5-4-6-15(14)17/h4-6,11-12H,7-10,16H2,1-3H3. The van der Waals surface area contributed by atoms with Gasteiger partial charge in [-0.3, -0.25) is 0 Å². The number of hydrogen-bond acceptors (Lipinski definition) is 2. The Kier molecular flexibility index (Phi) is 3.72. The van der Waals surface area contributed by atoms with Crippen molar-refractivity contribution in [2.45, 2.75) is 39.7 Å². The van der Waals surface area contributed by atoms with Gasteiger partial charge < -0.3 is 10.6 Å². The summed E-state index contributed by atoms with van der Waals surface area (Å²) in [5, 5.41) is 0. The molecule has 0 bridgehead atoms. The lowest BCUT2D eigenvalue weighted by atomic mass is 9.99. The van der Waals surface area contributed by atoms with Gasteiger partial charge in [0.1, 0.15) is 0 Å². The minimum absolute atomic E-state index is 0.251. The zero-order valence-corrected chi connectivity index (χ0v) is 11.2. The molecule has 2 N–H and O–H groups in total. The first-order chi connectivity index (χ1) is 8.08. The second-order valence-corrected chi connectivity index (χ2v) is 5.69. The molecule has 1 aliphatic rings. The molecule has 1 atom stereocenters. The molecule has 1 aromatic carbocycles. The first kappa shape index (κ1) is 12.4. The third-order valence-electron chi connectivity index (χ3n) is 3.35. The molecule has 0 saturated heterocycles. The molecule has 1 aliphatic heterocycles. The Morgan fingerprint density at radius 3 is 2.71 bits per heavy atom. The van der Waals surface area contributed by atoms with Crippen LogP contribution in [-0.4, -0.2) is 19.1 Å². The molecule has 2 heteroatoms. The van der Waals surface area contributed by atoms with Crippen LogP contribution >= 0.6 is 0 Å². The van der Waals surface area contributed by atoms with Gasteiger partial charge >= 0.3 is 0 Å². The molecule has 0 saturated carbocycles. The number of nitrogens with zero attached hydrogens (tertiary/aromatic N) is 1. The summed E-state index contributed by atoms with van der Waals surface area (Å²) in [6.07, 6.45) is 2.18. The summed E-state index contributed by atoms with van der Waals surface area (Å²) in [6.45, 7) is 8.98. The first-order valence-corrected chi connectivity index (χ1v) is 6.69. The fraction of sp³-hybridized carbons (Fsp3) is 0.600. The first-order valence-electron chi connectivity index (χ1n) is 6.69. The molecule has 2 rings (SSSR count). The van der Waals surface area contributed by atoms with Gasteiger partial charge in [0.15, 0.2) is 0 Å². The van der Waals surface area contributed by atoms with Crippen LogP contribution in [0.4, 0.5) is 5.69 Å². The molecule has 2 nitrogen and oxygen atoms in total. The van der Waals surface area contributed by atoms with Gasteiger partial charge in [0, 0.05) is 24.8 Å². The van der Waals surface area contributed by atoms with Crippen molar-refractivity contribution in [2.75, 3.05) is 18.0 Å². The van der Waals surface area contributed by atoms with Crippen LogP contribution < -0.4 is 10.6 Å². The number of hydrogen-bond donors (Lipinski definition) is 1. The molecule has 0 amide bonds.